The van der Waals surface area contributed by atoms with E-state index in [2.05, 4.69) is 12.1 Å². The van der Waals surface area contributed by atoms with Gasteiger partial charge in [-0.25, -0.2) is 9.38 Å². The minimum atomic E-state index is -0.384. The van der Waals surface area contributed by atoms with Crippen LogP contribution in [-0.4, -0.2) is 16.8 Å². The summed E-state index contributed by atoms with van der Waals surface area (Å²) in [6.45, 7) is 0. The van der Waals surface area contributed by atoms with Crippen molar-refractivity contribution in [3.8, 4) is 11.5 Å². The lowest BCUT2D eigenvalue weighted by Gasteiger charge is -2.30. The summed E-state index contributed by atoms with van der Waals surface area (Å²) in [5.74, 6) is -0.259. The van der Waals surface area contributed by atoms with Crippen LogP contribution in [0.3, 0.4) is 0 Å². The molecule has 3 aromatic carbocycles. The first kappa shape index (κ1) is 22.8. The molecule has 1 aliphatic carbocycles. The van der Waals surface area contributed by atoms with Crippen LogP contribution in [0.2, 0.25) is 5.02 Å². The zero-order valence-electron chi connectivity index (χ0n) is 19.2. The number of methoxy groups -OCH3 is 1. The number of halogens is 2. The smallest absolute Gasteiger partial charge is 0.271 e. The maximum Gasteiger partial charge on any atom is 0.271 e. The lowest BCUT2D eigenvalue weighted by atomic mass is 9.83. The van der Waals surface area contributed by atoms with Gasteiger partial charge in [0.1, 0.15) is 5.82 Å². The fraction of sp³-hybridized carbons (Fsp3) is 0.143. The van der Waals surface area contributed by atoms with Gasteiger partial charge in [0.2, 0.25) is 0 Å². The van der Waals surface area contributed by atoms with Crippen LogP contribution in [0.5, 0.6) is 11.5 Å². The van der Waals surface area contributed by atoms with Gasteiger partial charge in [-0.3, -0.25) is 9.36 Å². The standard InChI is InChI=1S/C28H20ClFN2O3S/c1-35-22-13-15(12-21(29)26(22)33)14-23-27(34)32-25(17-6-9-18(30)10-7-17)20-11-8-16-4-2-3-5-19(16)24(20)31-28(32)36-23/h2-7,9-10,12-14,25,33H,8,11H2,1H3/b23-14+/t25-/m0/s1. The Hall–Kier alpha value is -3.68. The number of hydrogen-bond acceptors (Lipinski definition) is 5. The van der Waals surface area contributed by atoms with Crippen molar-refractivity contribution in [2.24, 2.45) is 4.99 Å². The highest BCUT2D eigenvalue weighted by Gasteiger charge is 2.32. The Balaban J connectivity index is 1.61. The summed E-state index contributed by atoms with van der Waals surface area (Å²) >= 11 is 7.45. The SMILES string of the molecule is COc1cc(/C=c2/sc3n(c2=O)[C@@H](c2ccc(F)cc2)C2=C(N=3)c3ccccc3CC2)cc(Cl)c1O. The third-order valence-electron chi connectivity index (χ3n) is 6.63. The van der Waals surface area contributed by atoms with Crippen molar-refractivity contribution in [3.63, 3.8) is 0 Å². The number of phenols is 1. The van der Waals surface area contributed by atoms with Crippen molar-refractivity contribution >= 4 is 34.7 Å². The Labute approximate surface area is 214 Å². The van der Waals surface area contributed by atoms with E-state index >= 15 is 0 Å². The Kier molecular flexibility index (Phi) is 5.54. The van der Waals surface area contributed by atoms with Gasteiger partial charge in [-0.15, -0.1) is 0 Å². The van der Waals surface area contributed by atoms with E-state index in [1.165, 1.54) is 36.1 Å². The zero-order chi connectivity index (χ0) is 25.0. The molecule has 8 heteroatoms. The Morgan fingerprint density at radius 3 is 2.72 bits per heavy atom. The average Bonchev–Trinajstić information content (AvgIpc) is 3.19. The van der Waals surface area contributed by atoms with Crippen LogP contribution in [0.25, 0.3) is 11.8 Å². The molecule has 0 saturated carbocycles. The van der Waals surface area contributed by atoms with Crippen molar-refractivity contribution in [1.82, 2.24) is 4.57 Å². The molecule has 1 N–H and O–H groups in total. The topological polar surface area (TPSA) is 63.8 Å². The molecule has 0 radical (unpaired) electrons. The molecule has 180 valence electrons. The lowest BCUT2D eigenvalue weighted by molar-refractivity contribution is 0.373. The monoisotopic (exact) mass is 518 g/mol. The maximum absolute atomic E-state index is 13.8. The van der Waals surface area contributed by atoms with Gasteiger partial charge in [-0.2, -0.15) is 0 Å². The molecule has 5 nitrogen and oxygen atoms in total. The lowest BCUT2D eigenvalue weighted by Crippen LogP contribution is -2.38. The third-order valence-corrected chi connectivity index (χ3v) is 7.90. The van der Waals surface area contributed by atoms with Crippen molar-refractivity contribution in [1.29, 1.82) is 0 Å². The van der Waals surface area contributed by atoms with Crippen LogP contribution in [0, 0.1) is 5.82 Å². The van der Waals surface area contributed by atoms with Gasteiger partial charge < -0.3 is 9.84 Å². The van der Waals surface area contributed by atoms with E-state index in [1.54, 1.807) is 34.9 Å². The van der Waals surface area contributed by atoms with E-state index in [0.717, 1.165) is 35.2 Å². The number of hydrogen-bond donors (Lipinski definition) is 1. The molecule has 2 aliphatic rings. The van der Waals surface area contributed by atoms with Crippen molar-refractivity contribution in [2.45, 2.75) is 18.9 Å². The maximum atomic E-state index is 13.8. The second-order valence-electron chi connectivity index (χ2n) is 8.72. The van der Waals surface area contributed by atoms with Crippen LogP contribution >= 0.6 is 22.9 Å². The molecule has 2 heterocycles. The quantitative estimate of drug-likeness (QED) is 0.423. The second-order valence-corrected chi connectivity index (χ2v) is 10.1. The number of aromatic nitrogens is 1. The molecular formula is C28H20ClFN2O3S. The van der Waals surface area contributed by atoms with E-state index < -0.39 is 0 Å². The van der Waals surface area contributed by atoms with E-state index in [-0.39, 0.29) is 33.9 Å². The number of phenolic OH excluding ortho intramolecular Hbond substituents is 1. The first-order chi connectivity index (χ1) is 17.4. The number of aromatic hydroxyl groups is 1. The predicted octanol–water partition coefficient (Wildman–Crippen LogP) is 4.83. The summed E-state index contributed by atoms with van der Waals surface area (Å²) in [6.07, 6.45) is 3.32. The largest absolute Gasteiger partial charge is 0.503 e. The summed E-state index contributed by atoms with van der Waals surface area (Å²) in [4.78, 5) is 19.3. The van der Waals surface area contributed by atoms with Crippen molar-refractivity contribution in [2.75, 3.05) is 7.11 Å². The molecule has 0 amide bonds. The Bertz CT molecular complexity index is 1740. The number of rotatable bonds is 3. The fourth-order valence-corrected chi connectivity index (χ4v) is 6.17. The summed E-state index contributed by atoms with van der Waals surface area (Å²) in [5.41, 5.74) is 5.48. The summed E-state index contributed by atoms with van der Waals surface area (Å²) < 4.78 is 21.2. The summed E-state index contributed by atoms with van der Waals surface area (Å²) in [7, 11) is 1.44. The Morgan fingerprint density at radius 2 is 1.94 bits per heavy atom. The molecule has 0 unspecified atom stereocenters. The molecule has 6 rings (SSSR count). The van der Waals surface area contributed by atoms with Crippen LogP contribution in [-0.2, 0) is 6.42 Å². The molecule has 0 saturated heterocycles. The minimum absolute atomic E-state index is 0.129. The van der Waals surface area contributed by atoms with Gasteiger partial charge in [-0.05, 0) is 65.4 Å². The average molecular weight is 519 g/mol. The highest BCUT2D eigenvalue weighted by molar-refractivity contribution is 7.07. The van der Waals surface area contributed by atoms with Crippen LogP contribution < -0.4 is 19.6 Å². The molecule has 1 aliphatic heterocycles. The van der Waals surface area contributed by atoms with Crippen LogP contribution in [0.15, 0.2) is 76.0 Å². The highest BCUT2D eigenvalue weighted by atomic mass is 35.5. The fourth-order valence-electron chi connectivity index (χ4n) is 4.95. The van der Waals surface area contributed by atoms with Gasteiger partial charge >= 0.3 is 0 Å². The third kappa shape index (κ3) is 3.67. The first-order valence-electron chi connectivity index (χ1n) is 11.4. The normalized spacial score (nSPS) is 16.8. The van der Waals surface area contributed by atoms with Crippen molar-refractivity contribution in [3.05, 3.63) is 119 Å². The molecule has 36 heavy (non-hydrogen) atoms. The molecule has 4 aromatic rings. The van der Waals surface area contributed by atoms with E-state index in [4.69, 9.17) is 21.3 Å². The molecule has 0 fully saturated rings. The molecule has 1 atom stereocenters. The predicted molar refractivity (Wildman–Crippen MR) is 139 cm³/mol. The van der Waals surface area contributed by atoms with E-state index in [9.17, 15) is 14.3 Å². The molecule has 0 spiro atoms. The van der Waals surface area contributed by atoms with Gasteiger partial charge in [0.05, 0.1) is 28.4 Å². The van der Waals surface area contributed by atoms with Gasteiger partial charge in [0, 0.05) is 5.56 Å². The first-order valence-corrected chi connectivity index (χ1v) is 12.6. The van der Waals surface area contributed by atoms with E-state index in [1.807, 2.05) is 12.1 Å². The number of thiazole rings is 1. The van der Waals surface area contributed by atoms with Crippen molar-refractivity contribution < 1.29 is 14.2 Å². The van der Waals surface area contributed by atoms with E-state index in [0.29, 0.717) is 14.9 Å². The molecule has 1 aromatic heterocycles. The van der Waals surface area contributed by atoms with Crippen LogP contribution in [0.1, 0.15) is 34.7 Å². The minimum Gasteiger partial charge on any atom is -0.503 e. The molecule has 0 bridgehead atoms. The van der Waals surface area contributed by atoms with Gasteiger partial charge in [0.25, 0.3) is 5.56 Å². The number of fused-ring (bicyclic) bond motifs is 3. The molecular weight excluding hydrogens is 499 g/mol. The van der Waals surface area contributed by atoms with Gasteiger partial charge in [-0.1, -0.05) is 59.3 Å². The number of nitrogens with zero attached hydrogens (tertiary/aromatic N) is 2. The Morgan fingerprint density at radius 1 is 1.17 bits per heavy atom. The zero-order valence-corrected chi connectivity index (χ0v) is 20.7. The number of benzene rings is 3. The van der Waals surface area contributed by atoms with Crippen LogP contribution in [0.4, 0.5) is 4.39 Å². The summed E-state index contributed by atoms with van der Waals surface area (Å²) in [6, 6.07) is 17.3. The number of aryl methyl sites for hydroxylation is 1. The summed E-state index contributed by atoms with van der Waals surface area (Å²) in [5, 5.41) is 10.2. The number of ether oxygens (including phenoxy) is 1. The second kappa shape index (κ2) is 8.76. The number of allylic oxidation sites excluding steroid dienone is 1. The highest BCUT2D eigenvalue weighted by Crippen LogP contribution is 2.41. The van der Waals surface area contributed by atoms with Gasteiger partial charge in [0.15, 0.2) is 16.3 Å².